The van der Waals surface area contributed by atoms with Gasteiger partial charge in [-0.2, -0.15) is 8.42 Å². The Labute approximate surface area is 222 Å². The molecule has 3 rings (SSSR count). The van der Waals surface area contributed by atoms with Gasteiger partial charge in [-0.1, -0.05) is 19.9 Å². The van der Waals surface area contributed by atoms with Crippen LogP contribution in [0.3, 0.4) is 0 Å². The molecule has 1 N–H and O–H groups in total. The third-order valence-electron chi connectivity index (χ3n) is 5.43. The highest BCUT2D eigenvalue weighted by Gasteiger charge is 2.22. The van der Waals surface area contributed by atoms with E-state index < -0.39 is 15.9 Å². The van der Waals surface area contributed by atoms with Crippen molar-refractivity contribution in [3.8, 4) is 23.0 Å². The lowest BCUT2D eigenvalue weighted by atomic mass is 10.1. The molecule has 9 nitrogen and oxygen atoms in total. The predicted octanol–water partition coefficient (Wildman–Crippen LogP) is 5.31. The van der Waals surface area contributed by atoms with E-state index in [4.69, 9.17) is 18.4 Å². The van der Waals surface area contributed by atoms with Crippen LogP contribution in [0.1, 0.15) is 19.4 Å². The second-order valence-electron chi connectivity index (χ2n) is 8.75. The smallest absolute Gasteiger partial charge is 0.339 e. The van der Waals surface area contributed by atoms with Crippen molar-refractivity contribution >= 4 is 21.8 Å². The Morgan fingerprint density at radius 2 is 1.58 bits per heavy atom. The third-order valence-corrected chi connectivity index (χ3v) is 6.67. The highest BCUT2D eigenvalue weighted by atomic mass is 32.2. The van der Waals surface area contributed by atoms with E-state index in [0.29, 0.717) is 29.3 Å². The number of ether oxygens (including phenoxy) is 3. The normalized spacial score (nSPS) is 11.1. The Morgan fingerprint density at radius 1 is 0.895 bits per heavy atom. The molecule has 0 fully saturated rings. The van der Waals surface area contributed by atoms with E-state index in [2.05, 4.69) is 5.32 Å². The van der Waals surface area contributed by atoms with Crippen LogP contribution < -0.4 is 23.7 Å². The van der Waals surface area contributed by atoms with Crippen molar-refractivity contribution in [1.29, 1.82) is 0 Å². The van der Waals surface area contributed by atoms with Gasteiger partial charge < -0.3 is 28.6 Å². The summed E-state index contributed by atoms with van der Waals surface area (Å²) in [4.78, 5) is 14.7. The summed E-state index contributed by atoms with van der Waals surface area (Å²) < 4.78 is 60.0. The number of amides is 2. The summed E-state index contributed by atoms with van der Waals surface area (Å²) in [6.07, 6.45) is 0. The van der Waals surface area contributed by atoms with Gasteiger partial charge in [0.2, 0.25) is 0 Å². The Hall–Kier alpha value is -3.99. The fraction of sp³-hybridized carbons (Fsp3) is 0.296. The van der Waals surface area contributed by atoms with Gasteiger partial charge in [-0.25, -0.2) is 9.18 Å². The van der Waals surface area contributed by atoms with E-state index in [1.165, 1.54) is 27.4 Å². The van der Waals surface area contributed by atoms with Gasteiger partial charge in [0.25, 0.3) is 0 Å². The average Bonchev–Trinajstić information content (AvgIpc) is 2.88. The van der Waals surface area contributed by atoms with Gasteiger partial charge in [0.15, 0.2) is 11.5 Å². The largest absolute Gasteiger partial charge is 0.497 e. The minimum Gasteiger partial charge on any atom is -0.497 e. The number of anilines is 1. The molecule has 11 heteroatoms. The zero-order valence-electron chi connectivity index (χ0n) is 21.9. The number of nitrogens with one attached hydrogen (secondary N) is 1. The zero-order chi connectivity index (χ0) is 27.9. The molecule has 38 heavy (non-hydrogen) atoms. The maximum absolute atomic E-state index is 13.3. The van der Waals surface area contributed by atoms with E-state index in [1.54, 1.807) is 35.2 Å². The van der Waals surface area contributed by atoms with E-state index >= 15 is 0 Å². The third kappa shape index (κ3) is 7.28. The van der Waals surface area contributed by atoms with Gasteiger partial charge in [0.05, 0.1) is 27.0 Å². The topological polar surface area (TPSA) is 103 Å². The quantitative estimate of drug-likeness (QED) is 0.325. The Balaban J connectivity index is 1.86. The summed E-state index contributed by atoms with van der Waals surface area (Å²) in [5.74, 6) is 0.720. The van der Waals surface area contributed by atoms with Crippen molar-refractivity contribution in [3.05, 3.63) is 72.0 Å². The van der Waals surface area contributed by atoms with Crippen molar-refractivity contribution in [2.24, 2.45) is 5.92 Å². The molecule has 0 aliphatic heterocycles. The number of halogens is 1. The summed E-state index contributed by atoms with van der Waals surface area (Å²) >= 11 is 0. The van der Waals surface area contributed by atoms with Gasteiger partial charge in [-0.3, -0.25) is 0 Å². The molecule has 0 saturated carbocycles. The first-order valence-electron chi connectivity index (χ1n) is 11.7. The van der Waals surface area contributed by atoms with Crippen molar-refractivity contribution in [2.45, 2.75) is 25.3 Å². The number of hydrogen-bond acceptors (Lipinski definition) is 7. The molecule has 204 valence electrons. The molecule has 0 aliphatic rings. The molecule has 0 spiro atoms. The lowest BCUT2D eigenvalue weighted by Gasteiger charge is -2.26. The number of hydrogen-bond donors (Lipinski definition) is 1. The van der Waals surface area contributed by atoms with Gasteiger partial charge >= 0.3 is 16.1 Å². The molecule has 0 saturated heterocycles. The Bertz CT molecular complexity index is 1360. The number of rotatable bonds is 11. The molecule has 3 aromatic rings. The van der Waals surface area contributed by atoms with Crippen LogP contribution in [0, 0.1) is 11.7 Å². The molecule has 0 heterocycles. The number of methoxy groups -OCH3 is 3. The van der Waals surface area contributed by atoms with Crippen LogP contribution in [0.25, 0.3) is 0 Å². The van der Waals surface area contributed by atoms with Crippen LogP contribution in [0.2, 0.25) is 0 Å². The Kier molecular flexibility index (Phi) is 9.40. The van der Waals surface area contributed by atoms with Crippen molar-refractivity contribution in [2.75, 3.05) is 33.2 Å². The number of nitrogens with zero attached hydrogens (tertiary/aromatic N) is 1. The monoisotopic (exact) mass is 546 g/mol. The lowest BCUT2D eigenvalue weighted by molar-refractivity contribution is 0.201. The Morgan fingerprint density at radius 3 is 2.18 bits per heavy atom. The molecule has 0 unspecified atom stereocenters. The predicted molar refractivity (Wildman–Crippen MR) is 141 cm³/mol. The number of carbonyl (C=O) groups excluding carboxylic acids is 1. The van der Waals surface area contributed by atoms with Crippen molar-refractivity contribution < 1.29 is 36.0 Å². The van der Waals surface area contributed by atoms with E-state index in [0.717, 1.165) is 24.3 Å². The highest BCUT2D eigenvalue weighted by Crippen LogP contribution is 2.32. The summed E-state index contributed by atoms with van der Waals surface area (Å²) in [6, 6.07) is 13.7. The molecule has 0 bridgehead atoms. The minimum atomic E-state index is -4.26. The van der Waals surface area contributed by atoms with Gasteiger partial charge in [-0.05, 0) is 60.0 Å². The van der Waals surface area contributed by atoms with Crippen LogP contribution in [-0.4, -0.2) is 47.2 Å². The van der Waals surface area contributed by atoms with Crippen molar-refractivity contribution in [1.82, 2.24) is 4.90 Å². The maximum Gasteiger partial charge on any atom is 0.339 e. The highest BCUT2D eigenvalue weighted by molar-refractivity contribution is 7.87. The lowest BCUT2D eigenvalue weighted by Crippen LogP contribution is -2.37. The molecular weight excluding hydrogens is 515 g/mol. The molecule has 0 radical (unpaired) electrons. The summed E-state index contributed by atoms with van der Waals surface area (Å²) in [5, 5.41) is 2.86. The molecule has 0 atom stereocenters. The van der Waals surface area contributed by atoms with Crippen LogP contribution >= 0.6 is 0 Å². The molecule has 0 aromatic heterocycles. The fourth-order valence-corrected chi connectivity index (χ4v) is 4.56. The first kappa shape index (κ1) is 28.6. The molecule has 0 aliphatic carbocycles. The SMILES string of the molecule is COc1ccc(NC(=O)N(Cc2ccc(OC)c(OS(=O)(=O)c3ccc(F)cc3)c2)CC(C)C)c(OC)c1. The van der Waals surface area contributed by atoms with E-state index in [1.807, 2.05) is 13.8 Å². The van der Waals surface area contributed by atoms with E-state index in [9.17, 15) is 17.6 Å². The summed E-state index contributed by atoms with van der Waals surface area (Å²) in [7, 11) is 0.153. The van der Waals surface area contributed by atoms with Crippen LogP contribution in [0.5, 0.6) is 23.0 Å². The summed E-state index contributed by atoms with van der Waals surface area (Å²) in [5.41, 5.74) is 1.07. The maximum atomic E-state index is 13.3. The molecular formula is C27H31FN2O7S. The first-order chi connectivity index (χ1) is 18.1. The first-order valence-corrected chi connectivity index (χ1v) is 13.1. The average molecular weight is 547 g/mol. The molecule has 2 amide bonds. The second kappa shape index (κ2) is 12.5. The number of benzene rings is 3. The van der Waals surface area contributed by atoms with Gasteiger partial charge in [0.1, 0.15) is 22.2 Å². The fourth-order valence-electron chi connectivity index (χ4n) is 3.63. The van der Waals surface area contributed by atoms with Crippen LogP contribution in [0.15, 0.2) is 65.6 Å². The van der Waals surface area contributed by atoms with Gasteiger partial charge in [-0.15, -0.1) is 0 Å². The minimum absolute atomic E-state index is 0.0592. The van der Waals surface area contributed by atoms with Crippen molar-refractivity contribution in [3.63, 3.8) is 0 Å². The number of urea groups is 1. The van der Waals surface area contributed by atoms with Crippen LogP contribution in [-0.2, 0) is 16.7 Å². The van der Waals surface area contributed by atoms with Gasteiger partial charge in [0, 0.05) is 19.2 Å². The number of carbonyl (C=O) groups is 1. The zero-order valence-corrected chi connectivity index (χ0v) is 22.7. The van der Waals surface area contributed by atoms with E-state index in [-0.39, 0.29) is 34.9 Å². The second-order valence-corrected chi connectivity index (χ2v) is 10.3. The van der Waals surface area contributed by atoms with Crippen LogP contribution in [0.4, 0.5) is 14.9 Å². The standard InChI is InChI=1S/C27H31FN2O7S/c1-18(2)16-30(27(31)29-23-12-9-21(34-3)15-25(23)36-5)17-19-6-13-24(35-4)26(14-19)37-38(32,33)22-10-7-20(28)8-11-22/h6-15,18H,16-17H2,1-5H3,(H,29,31). The molecule has 3 aromatic carbocycles. The summed E-state index contributed by atoms with van der Waals surface area (Å²) in [6.45, 7) is 4.53.